The number of carbonyl (C=O) groups excluding carboxylic acids is 2. The smallest absolute Gasteiger partial charge is 0.241 e. The third-order valence-corrected chi connectivity index (χ3v) is 4.18. The van der Waals surface area contributed by atoms with E-state index in [0.29, 0.717) is 12.6 Å². The van der Waals surface area contributed by atoms with Crippen molar-refractivity contribution in [1.82, 2.24) is 20.4 Å². The number of rotatable bonds is 5. The summed E-state index contributed by atoms with van der Waals surface area (Å²) < 4.78 is 0. The fourth-order valence-electron chi connectivity index (χ4n) is 2.95. The van der Waals surface area contributed by atoms with Crippen molar-refractivity contribution in [1.29, 1.82) is 0 Å². The second kappa shape index (κ2) is 7.59. The zero-order valence-corrected chi connectivity index (χ0v) is 12.4. The topological polar surface area (TPSA) is 64.7 Å². The van der Waals surface area contributed by atoms with Crippen molar-refractivity contribution in [2.24, 2.45) is 0 Å². The minimum absolute atomic E-state index is 0.0441. The number of amides is 2. The SMILES string of the molecule is CNC1CCCN(CC(=O)NCC(=O)N2CCCC2)C1. The van der Waals surface area contributed by atoms with E-state index in [1.54, 1.807) is 0 Å². The largest absolute Gasteiger partial charge is 0.346 e. The molecule has 2 saturated heterocycles. The molecule has 6 heteroatoms. The number of likely N-dealkylation sites (N-methyl/N-ethyl adjacent to an activating group) is 1. The normalized spacial score (nSPS) is 23.9. The van der Waals surface area contributed by atoms with Gasteiger partial charge in [0.05, 0.1) is 13.1 Å². The predicted octanol–water partition coefficient (Wildman–Crippen LogP) is -0.591. The Labute approximate surface area is 120 Å². The highest BCUT2D eigenvalue weighted by Gasteiger charge is 2.21. The highest BCUT2D eigenvalue weighted by Crippen LogP contribution is 2.09. The minimum atomic E-state index is -0.0469. The summed E-state index contributed by atoms with van der Waals surface area (Å²) in [6.45, 7) is 4.08. The third-order valence-electron chi connectivity index (χ3n) is 4.18. The van der Waals surface area contributed by atoms with Gasteiger partial charge in [0, 0.05) is 25.7 Å². The molecule has 0 bridgehead atoms. The monoisotopic (exact) mass is 282 g/mol. The fraction of sp³-hybridized carbons (Fsp3) is 0.857. The van der Waals surface area contributed by atoms with E-state index in [4.69, 9.17) is 0 Å². The first-order chi connectivity index (χ1) is 9.69. The van der Waals surface area contributed by atoms with Crippen molar-refractivity contribution < 1.29 is 9.59 Å². The molecule has 0 radical (unpaired) electrons. The minimum Gasteiger partial charge on any atom is -0.346 e. The van der Waals surface area contributed by atoms with Crippen LogP contribution in [0.5, 0.6) is 0 Å². The van der Waals surface area contributed by atoms with E-state index in [-0.39, 0.29) is 18.4 Å². The molecule has 1 unspecified atom stereocenters. The standard InChI is InChI=1S/C14H26N4O2/c1-15-12-5-4-6-17(10-12)11-13(19)16-9-14(20)18-7-2-3-8-18/h12,15H,2-11H2,1H3,(H,16,19). The maximum atomic E-state index is 11.9. The van der Waals surface area contributed by atoms with E-state index >= 15 is 0 Å². The van der Waals surface area contributed by atoms with Crippen LogP contribution in [0.2, 0.25) is 0 Å². The molecule has 0 aromatic rings. The predicted molar refractivity (Wildman–Crippen MR) is 77.3 cm³/mol. The second-order valence-electron chi connectivity index (χ2n) is 5.73. The van der Waals surface area contributed by atoms with Gasteiger partial charge in [-0.1, -0.05) is 0 Å². The van der Waals surface area contributed by atoms with Crippen molar-refractivity contribution in [2.45, 2.75) is 31.7 Å². The molecule has 114 valence electrons. The van der Waals surface area contributed by atoms with Crippen molar-refractivity contribution in [3.05, 3.63) is 0 Å². The van der Waals surface area contributed by atoms with Crippen LogP contribution in [0.3, 0.4) is 0 Å². The highest BCUT2D eigenvalue weighted by atomic mass is 16.2. The molecule has 0 aromatic heterocycles. The molecule has 2 amide bonds. The van der Waals surface area contributed by atoms with Gasteiger partial charge < -0.3 is 15.5 Å². The van der Waals surface area contributed by atoms with Gasteiger partial charge in [0.15, 0.2) is 0 Å². The van der Waals surface area contributed by atoms with Crippen molar-refractivity contribution in [3.8, 4) is 0 Å². The van der Waals surface area contributed by atoms with Gasteiger partial charge in [0.1, 0.15) is 0 Å². The van der Waals surface area contributed by atoms with Crippen LogP contribution in [-0.4, -0.2) is 74.0 Å². The van der Waals surface area contributed by atoms with Gasteiger partial charge in [-0.2, -0.15) is 0 Å². The lowest BCUT2D eigenvalue weighted by Crippen LogP contribution is -2.49. The Hall–Kier alpha value is -1.14. The van der Waals surface area contributed by atoms with Crippen molar-refractivity contribution >= 4 is 11.8 Å². The average molecular weight is 282 g/mol. The Bertz CT molecular complexity index is 342. The number of piperidine rings is 1. The van der Waals surface area contributed by atoms with Crippen LogP contribution in [0.1, 0.15) is 25.7 Å². The number of hydrogen-bond donors (Lipinski definition) is 2. The molecule has 2 aliphatic rings. The summed E-state index contributed by atoms with van der Waals surface area (Å²) in [7, 11) is 1.96. The number of likely N-dealkylation sites (tertiary alicyclic amines) is 2. The average Bonchev–Trinajstić information content (AvgIpc) is 2.99. The van der Waals surface area contributed by atoms with Gasteiger partial charge in [-0.15, -0.1) is 0 Å². The molecule has 1 atom stereocenters. The molecular formula is C14H26N4O2. The first-order valence-electron chi connectivity index (χ1n) is 7.63. The van der Waals surface area contributed by atoms with Crippen molar-refractivity contribution in [3.63, 3.8) is 0 Å². The van der Waals surface area contributed by atoms with Crippen LogP contribution in [0.4, 0.5) is 0 Å². The number of nitrogens with one attached hydrogen (secondary N) is 2. The molecule has 2 rings (SSSR count). The summed E-state index contributed by atoms with van der Waals surface area (Å²) in [4.78, 5) is 27.7. The summed E-state index contributed by atoms with van der Waals surface area (Å²) >= 11 is 0. The molecule has 0 spiro atoms. The van der Waals surface area contributed by atoms with Gasteiger partial charge >= 0.3 is 0 Å². The molecule has 2 aliphatic heterocycles. The first-order valence-corrected chi connectivity index (χ1v) is 7.63. The number of carbonyl (C=O) groups is 2. The van der Waals surface area contributed by atoms with Crippen molar-refractivity contribution in [2.75, 3.05) is 46.3 Å². The number of hydrogen-bond acceptors (Lipinski definition) is 4. The van der Waals surface area contributed by atoms with E-state index in [0.717, 1.165) is 45.4 Å². The molecule has 20 heavy (non-hydrogen) atoms. The molecule has 2 fully saturated rings. The zero-order valence-electron chi connectivity index (χ0n) is 12.4. The summed E-state index contributed by atoms with van der Waals surface area (Å²) in [5.41, 5.74) is 0. The molecule has 2 N–H and O–H groups in total. The fourth-order valence-corrected chi connectivity index (χ4v) is 2.95. The van der Waals surface area contributed by atoms with E-state index in [1.807, 2.05) is 11.9 Å². The Kier molecular flexibility index (Phi) is 5.79. The van der Waals surface area contributed by atoms with Crippen LogP contribution in [0.25, 0.3) is 0 Å². The van der Waals surface area contributed by atoms with Crippen LogP contribution in [0, 0.1) is 0 Å². The van der Waals surface area contributed by atoms with Gasteiger partial charge in [0.25, 0.3) is 0 Å². The molecule has 0 aliphatic carbocycles. The second-order valence-corrected chi connectivity index (χ2v) is 5.73. The van der Waals surface area contributed by atoms with E-state index in [1.165, 1.54) is 6.42 Å². The summed E-state index contributed by atoms with van der Waals surface area (Å²) in [6, 6.07) is 0.475. The molecule has 6 nitrogen and oxygen atoms in total. The van der Waals surface area contributed by atoms with Gasteiger partial charge in [0.2, 0.25) is 11.8 Å². The Morgan fingerprint density at radius 2 is 1.90 bits per heavy atom. The van der Waals surface area contributed by atoms with E-state index in [2.05, 4.69) is 15.5 Å². The lowest BCUT2D eigenvalue weighted by molar-refractivity contribution is -0.132. The molecule has 0 saturated carbocycles. The van der Waals surface area contributed by atoms with Crippen LogP contribution >= 0.6 is 0 Å². The highest BCUT2D eigenvalue weighted by molar-refractivity contribution is 5.85. The summed E-state index contributed by atoms with van der Waals surface area (Å²) in [5.74, 6) is -0.00287. The van der Waals surface area contributed by atoms with Gasteiger partial charge in [-0.25, -0.2) is 0 Å². The van der Waals surface area contributed by atoms with Crippen LogP contribution in [-0.2, 0) is 9.59 Å². The van der Waals surface area contributed by atoms with Gasteiger partial charge in [-0.05, 0) is 39.3 Å². The van der Waals surface area contributed by atoms with Gasteiger partial charge in [-0.3, -0.25) is 14.5 Å². The third kappa shape index (κ3) is 4.45. The Morgan fingerprint density at radius 3 is 2.60 bits per heavy atom. The van der Waals surface area contributed by atoms with E-state index < -0.39 is 0 Å². The zero-order chi connectivity index (χ0) is 14.4. The molecular weight excluding hydrogens is 256 g/mol. The summed E-state index contributed by atoms with van der Waals surface area (Å²) in [6.07, 6.45) is 4.45. The molecule has 2 heterocycles. The molecule has 0 aromatic carbocycles. The maximum absolute atomic E-state index is 11.9. The lowest BCUT2D eigenvalue weighted by Gasteiger charge is -2.31. The Morgan fingerprint density at radius 1 is 1.15 bits per heavy atom. The lowest BCUT2D eigenvalue weighted by atomic mass is 10.1. The van der Waals surface area contributed by atoms with Crippen LogP contribution in [0.15, 0.2) is 0 Å². The Balaban J connectivity index is 1.65. The first kappa shape index (κ1) is 15.3. The van der Waals surface area contributed by atoms with Crippen LogP contribution < -0.4 is 10.6 Å². The number of nitrogens with zero attached hydrogens (tertiary/aromatic N) is 2. The maximum Gasteiger partial charge on any atom is 0.241 e. The quantitative estimate of drug-likeness (QED) is 0.707. The summed E-state index contributed by atoms with van der Waals surface area (Å²) in [5, 5.41) is 6.01. The van der Waals surface area contributed by atoms with E-state index in [9.17, 15) is 9.59 Å².